The van der Waals surface area contributed by atoms with Gasteiger partial charge in [0, 0.05) is 5.41 Å². The molecule has 3 aromatic rings. The van der Waals surface area contributed by atoms with Crippen LogP contribution in [0.3, 0.4) is 0 Å². The molecule has 0 aliphatic heterocycles. The predicted molar refractivity (Wildman–Crippen MR) is 128 cm³/mol. The van der Waals surface area contributed by atoms with Gasteiger partial charge in [-0.25, -0.2) is 13.1 Å². The highest BCUT2D eigenvalue weighted by Crippen LogP contribution is 2.28. The summed E-state index contributed by atoms with van der Waals surface area (Å²) in [4.78, 5) is 13.2. The van der Waals surface area contributed by atoms with E-state index < -0.39 is 15.9 Å². The lowest BCUT2D eigenvalue weighted by molar-refractivity contribution is 0.0971. The van der Waals surface area contributed by atoms with Gasteiger partial charge in [-0.3, -0.25) is 9.48 Å². The lowest BCUT2D eigenvalue weighted by atomic mass is 9.92. The van der Waals surface area contributed by atoms with E-state index in [2.05, 4.69) is 9.82 Å². The van der Waals surface area contributed by atoms with Crippen LogP contribution >= 0.6 is 0 Å². The van der Waals surface area contributed by atoms with Crippen LogP contribution in [-0.2, 0) is 22.0 Å². The number of hydrogen-bond donors (Lipinski definition) is 1. The number of ether oxygens (including phenoxy) is 1. The van der Waals surface area contributed by atoms with E-state index in [9.17, 15) is 13.2 Å². The number of methoxy groups -OCH3 is 1. The predicted octanol–water partition coefficient (Wildman–Crippen LogP) is 4.28. The molecule has 2 aromatic carbocycles. The fraction of sp³-hybridized carbons (Fsp3) is 0.360. The first-order chi connectivity index (χ1) is 15.3. The number of benzene rings is 2. The molecule has 1 amide bonds. The first-order valence-electron chi connectivity index (χ1n) is 10.7. The Kier molecular flexibility index (Phi) is 6.70. The molecule has 3 rings (SSSR count). The third-order valence-corrected chi connectivity index (χ3v) is 6.98. The summed E-state index contributed by atoms with van der Waals surface area (Å²) in [5.74, 6) is -0.537. The van der Waals surface area contributed by atoms with Gasteiger partial charge in [-0.15, -0.1) is 0 Å². The molecule has 0 aliphatic carbocycles. The Morgan fingerprint density at radius 2 is 1.61 bits per heavy atom. The molecule has 0 fully saturated rings. The molecule has 0 aliphatic rings. The Balaban J connectivity index is 2.04. The zero-order valence-corrected chi connectivity index (χ0v) is 21.0. The summed E-state index contributed by atoms with van der Waals surface area (Å²) in [6.45, 7) is 12.1. The van der Waals surface area contributed by atoms with E-state index in [1.165, 1.54) is 13.2 Å². The van der Waals surface area contributed by atoms with Crippen LogP contribution in [0.4, 0.5) is 0 Å². The average Bonchev–Trinajstić information content (AvgIpc) is 3.15. The van der Waals surface area contributed by atoms with Crippen LogP contribution < -0.4 is 9.46 Å². The fourth-order valence-corrected chi connectivity index (χ4v) is 4.87. The molecule has 1 N–H and O–H groups in total. The third kappa shape index (κ3) is 5.11. The van der Waals surface area contributed by atoms with Gasteiger partial charge in [0.1, 0.15) is 16.3 Å². The minimum absolute atomic E-state index is 0.0878. The van der Waals surface area contributed by atoms with E-state index in [1.54, 1.807) is 29.8 Å². The van der Waals surface area contributed by atoms with Crippen LogP contribution in [0.1, 0.15) is 59.2 Å². The van der Waals surface area contributed by atoms with Crippen LogP contribution in [0.25, 0.3) is 0 Å². The lowest BCUT2D eigenvalue weighted by Gasteiger charge is -2.15. The average molecular weight is 470 g/mol. The van der Waals surface area contributed by atoms with Gasteiger partial charge in [0.15, 0.2) is 0 Å². The molecule has 0 spiro atoms. The van der Waals surface area contributed by atoms with Crippen molar-refractivity contribution in [3.05, 3.63) is 76.1 Å². The fourth-order valence-electron chi connectivity index (χ4n) is 3.66. The van der Waals surface area contributed by atoms with E-state index >= 15 is 0 Å². The van der Waals surface area contributed by atoms with E-state index in [4.69, 9.17) is 4.74 Å². The van der Waals surface area contributed by atoms with Crippen LogP contribution in [-0.4, -0.2) is 31.2 Å². The van der Waals surface area contributed by atoms with Crippen LogP contribution in [0.2, 0.25) is 0 Å². The van der Waals surface area contributed by atoms with Gasteiger partial charge in [0.25, 0.3) is 15.9 Å². The van der Waals surface area contributed by atoms with Crippen molar-refractivity contribution in [1.82, 2.24) is 14.5 Å². The molecule has 0 saturated carbocycles. The molecule has 0 saturated heterocycles. The number of aryl methyl sites for hydroxylation is 3. The van der Waals surface area contributed by atoms with Crippen molar-refractivity contribution in [3.63, 3.8) is 0 Å². The maximum absolute atomic E-state index is 13.2. The van der Waals surface area contributed by atoms with Gasteiger partial charge in [-0.2, -0.15) is 5.10 Å². The Bertz CT molecular complexity index is 1280. The number of carbonyl (C=O) groups excluding carboxylic acids is 1. The van der Waals surface area contributed by atoms with Crippen LogP contribution in [0.15, 0.2) is 47.4 Å². The summed E-state index contributed by atoms with van der Waals surface area (Å²) in [6.07, 6.45) is 0. The Morgan fingerprint density at radius 3 is 2.18 bits per heavy atom. The first kappa shape index (κ1) is 24.5. The minimum Gasteiger partial charge on any atom is -0.495 e. The topological polar surface area (TPSA) is 90.3 Å². The summed E-state index contributed by atoms with van der Waals surface area (Å²) < 4.78 is 35.2. The normalized spacial score (nSPS) is 12.0. The standard InChI is InChI=1S/C25H31N3O4S/c1-16-10-8-11-17(2)19(16)15-28-20(14-22(26-28)25(4,5)6)24(29)27-33(30,31)21-13-9-12-18(3)23(21)32-7/h8-14H,15H2,1-7H3,(H,27,29). The van der Waals surface area contributed by atoms with E-state index in [-0.39, 0.29) is 21.8 Å². The SMILES string of the molecule is COc1c(C)cccc1S(=O)(=O)NC(=O)c1cc(C(C)(C)C)nn1Cc1c(C)cccc1C. The maximum Gasteiger partial charge on any atom is 0.283 e. The largest absolute Gasteiger partial charge is 0.495 e. The Labute approximate surface area is 195 Å². The molecule has 0 bridgehead atoms. The van der Waals surface area contributed by atoms with Crippen LogP contribution in [0.5, 0.6) is 5.75 Å². The van der Waals surface area contributed by atoms with Gasteiger partial charge in [0.05, 0.1) is 19.3 Å². The highest BCUT2D eigenvalue weighted by atomic mass is 32.2. The molecule has 7 nitrogen and oxygen atoms in total. The lowest BCUT2D eigenvalue weighted by Crippen LogP contribution is -2.32. The zero-order chi connectivity index (χ0) is 24.6. The molecule has 33 heavy (non-hydrogen) atoms. The molecule has 8 heteroatoms. The highest BCUT2D eigenvalue weighted by Gasteiger charge is 2.28. The molecule has 0 radical (unpaired) electrons. The second-order valence-electron chi connectivity index (χ2n) is 9.23. The summed E-state index contributed by atoms with van der Waals surface area (Å²) >= 11 is 0. The quantitative estimate of drug-likeness (QED) is 0.582. The molecular formula is C25H31N3O4S. The molecule has 0 unspecified atom stereocenters. The number of aromatic nitrogens is 2. The van der Waals surface area contributed by atoms with Crippen molar-refractivity contribution in [2.24, 2.45) is 0 Å². The van der Waals surface area contributed by atoms with Crippen molar-refractivity contribution in [2.75, 3.05) is 7.11 Å². The summed E-state index contributed by atoms with van der Waals surface area (Å²) in [5.41, 5.74) is 4.40. The second-order valence-corrected chi connectivity index (χ2v) is 10.9. The first-order valence-corrected chi connectivity index (χ1v) is 12.2. The monoisotopic (exact) mass is 469 g/mol. The van der Waals surface area contributed by atoms with Crippen molar-refractivity contribution in [2.45, 2.75) is 58.4 Å². The number of nitrogens with zero attached hydrogens (tertiary/aromatic N) is 2. The Hall–Kier alpha value is -3.13. The van der Waals surface area contributed by atoms with Crippen molar-refractivity contribution < 1.29 is 17.9 Å². The molecule has 0 atom stereocenters. The summed E-state index contributed by atoms with van der Waals surface area (Å²) in [7, 11) is -2.77. The van der Waals surface area contributed by atoms with Gasteiger partial charge in [-0.05, 0) is 55.2 Å². The van der Waals surface area contributed by atoms with E-state index in [0.29, 0.717) is 17.8 Å². The van der Waals surface area contributed by atoms with Gasteiger partial charge in [0.2, 0.25) is 0 Å². The summed E-state index contributed by atoms with van der Waals surface area (Å²) in [6, 6.07) is 12.4. The minimum atomic E-state index is -4.17. The smallest absolute Gasteiger partial charge is 0.283 e. The van der Waals surface area contributed by atoms with Crippen molar-refractivity contribution in [1.29, 1.82) is 0 Å². The molecule has 176 valence electrons. The highest BCUT2D eigenvalue weighted by molar-refractivity contribution is 7.90. The molecule has 1 heterocycles. The van der Waals surface area contributed by atoms with E-state index in [1.807, 2.05) is 52.8 Å². The Morgan fingerprint density at radius 1 is 1.03 bits per heavy atom. The summed E-state index contributed by atoms with van der Waals surface area (Å²) in [5, 5.41) is 4.67. The van der Waals surface area contributed by atoms with Crippen molar-refractivity contribution >= 4 is 15.9 Å². The van der Waals surface area contributed by atoms with Crippen molar-refractivity contribution in [3.8, 4) is 5.75 Å². The van der Waals surface area contributed by atoms with E-state index in [0.717, 1.165) is 16.7 Å². The van der Waals surface area contributed by atoms with Gasteiger partial charge < -0.3 is 4.74 Å². The number of para-hydroxylation sites is 1. The number of nitrogens with one attached hydrogen (secondary N) is 1. The van der Waals surface area contributed by atoms with Crippen LogP contribution in [0, 0.1) is 20.8 Å². The number of amides is 1. The number of sulfonamides is 1. The molecular weight excluding hydrogens is 438 g/mol. The second kappa shape index (κ2) is 9.02. The zero-order valence-electron chi connectivity index (χ0n) is 20.2. The molecule has 1 aromatic heterocycles. The number of carbonyl (C=O) groups is 1. The third-order valence-electron chi connectivity index (χ3n) is 5.63. The number of rotatable bonds is 6. The van der Waals surface area contributed by atoms with Gasteiger partial charge in [-0.1, -0.05) is 51.1 Å². The maximum atomic E-state index is 13.2. The van der Waals surface area contributed by atoms with Gasteiger partial charge >= 0.3 is 0 Å². The number of hydrogen-bond acceptors (Lipinski definition) is 5.